The van der Waals surface area contributed by atoms with E-state index in [0.717, 1.165) is 13.1 Å². The first-order chi connectivity index (χ1) is 10.4. The van der Waals surface area contributed by atoms with E-state index in [-0.39, 0.29) is 17.6 Å². The van der Waals surface area contributed by atoms with Gasteiger partial charge in [0.05, 0.1) is 11.4 Å². The van der Waals surface area contributed by atoms with Crippen molar-refractivity contribution in [2.45, 2.75) is 20.3 Å². The van der Waals surface area contributed by atoms with Crippen molar-refractivity contribution in [3.05, 3.63) is 24.3 Å². The van der Waals surface area contributed by atoms with Crippen molar-refractivity contribution in [3.8, 4) is 0 Å². The summed E-state index contributed by atoms with van der Waals surface area (Å²) < 4.78 is 26.1. The van der Waals surface area contributed by atoms with Gasteiger partial charge in [-0.05, 0) is 43.6 Å². The molecule has 22 heavy (non-hydrogen) atoms. The zero-order chi connectivity index (χ0) is 16.2. The van der Waals surface area contributed by atoms with Gasteiger partial charge in [-0.3, -0.25) is 9.52 Å². The molecule has 1 aliphatic heterocycles. The monoisotopic (exact) mass is 325 g/mol. The van der Waals surface area contributed by atoms with Crippen molar-refractivity contribution in [3.63, 3.8) is 0 Å². The number of carbonyl (C=O) groups is 1. The Kier molecular flexibility index (Phi) is 5.42. The normalized spacial score (nSPS) is 16.6. The Hall–Kier alpha value is -1.60. The second-order valence-corrected chi connectivity index (χ2v) is 7.54. The minimum atomic E-state index is -3.33. The van der Waals surface area contributed by atoms with Crippen LogP contribution in [-0.4, -0.2) is 33.2 Å². The highest BCUT2D eigenvalue weighted by molar-refractivity contribution is 7.92. The zero-order valence-electron chi connectivity index (χ0n) is 12.9. The number of hydrogen-bond acceptors (Lipinski definition) is 4. The molecule has 0 aliphatic carbocycles. The van der Waals surface area contributed by atoms with Gasteiger partial charge >= 0.3 is 0 Å². The van der Waals surface area contributed by atoms with Gasteiger partial charge in [0.15, 0.2) is 0 Å². The van der Waals surface area contributed by atoms with Crippen LogP contribution < -0.4 is 15.4 Å². The SMILES string of the molecule is CCCS(=O)(=O)Nc1cccc(NC(=O)C(C)C2CNC2)c1. The topological polar surface area (TPSA) is 87.3 Å². The van der Waals surface area contributed by atoms with Gasteiger partial charge in [-0.1, -0.05) is 19.9 Å². The molecule has 1 fully saturated rings. The van der Waals surface area contributed by atoms with E-state index in [1.807, 2.05) is 13.8 Å². The van der Waals surface area contributed by atoms with Gasteiger partial charge in [0, 0.05) is 11.6 Å². The number of amides is 1. The molecular weight excluding hydrogens is 302 g/mol. The molecule has 122 valence electrons. The van der Waals surface area contributed by atoms with E-state index in [1.54, 1.807) is 24.3 Å². The molecule has 2 rings (SSSR count). The van der Waals surface area contributed by atoms with Gasteiger partial charge in [0.2, 0.25) is 15.9 Å². The van der Waals surface area contributed by atoms with Crippen molar-refractivity contribution in [1.29, 1.82) is 0 Å². The lowest BCUT2D eigenvalue weighted by atomic mass is 9.88. The third kappa shape index (κ3) is 4.45. The summed E-state index contributed by atoms with van der Waals surface area (Å²) in [6.07, 6.45) is 0.554. The molecule has 1 heterocycles. The first kappa shape index (κ1) is 16.8. The van der Waals surface area contributed by atoms with E-state index in [2.05, 4.69) is 15.4 Å². The maximum atomic E-state index is 12.2. The molecule has 1 atom stereocenters. The average molecular weight is 325 g/mol. The number of sulfonamides is 1. The van der Waals surface area contributed by atoms with Crippen molar-refractivity contribution in [2.75, 3.05) is 28.9 Å². The van der Waals surface area contributed by atoms with E-state index < -0.39 is 10.0 Å². The standard InChI is InChI=1S/C15H23N3O3S/c1-3-7-22(20,21)18-14-6-4-5-13(8-14)17-15(19)11(2)12-9-16-10-12/h4-6,8,11-12,16,18H,3,7,9-10H2,1-2H3,(H,17,19). The summed E-state index contributed by atoms with van der Waals surface area (Å²) in [5.41, 5.74) is 1.06. The molecule has 1 aromatic carbocycles. The smallest absolute Gasteiger partial charge is 0.232 e. The summed E-state index contributed by atoms with van der Waals surface area (Å²) in [5, 5.41) is 6.00. The summed E-state index contributed by atoms with van der Waals surface area (Å²) in [4.78, 5) is 12.2. The lowest BCUT2D eigenvalue weighted by Gasteiger charge is -2.31. The Balaban J connectivity index is 2.00. The predicted octanol–water partition coefficient (Wildman–Crippen LogP) is 1.63. The Labute approximate surface area is 131 Å². The summed E-state index contributed by atoms with van der Waals surface area (Å²) in [6, 6.07) is 6.77. The molecule has 1 aromatic rings. The molecule has 3 N–H and O–H groups in total. The van der Waals surface area contributed by atoms with Crippen LogP contribution in [0.15, 0.2) is 24.3 Å². The van der Waals surface area contributed by atoms with Gasteiger partial charge in [0.25, 0.3) is 0 Å². The second kappa shape index (κ2) is 7.11. The van der Waals surface area contributed by atoms with Crippen LogP contribution >= 0.6 is 0 Å². The van der Waals surface area contributed by atoms with Crippen LogP contribution in [0, 0.1) is 11.8 Å². The number of carbonyl (C=O) groups excluding carboxylic acids is 1. The van der Waals surface area contributed by atoms with Crippen molar-refractivity contribution in [2.24, 2.45) is 11.8 Å². The summed E-state index contributed by atoms with van der Waals surface area (Å²) in [5.74, 6) is 0.336. The van der Waals surface area contributed by atoms with E-state index in [0.29, 0.717) is 23.7 Å². The highest BCUT2D eigenvalue weighted by Gasteiger charge is 2.28. The largest absolute Gasteiger partial charge is 0.326 e. The van der Waals surface area contributed by atoms with Crippen LogP contribution in [0.3, 0.4) is 0 Å². The van der Waals surface area contributed by atoms with Gasteiger partial charge in [0.1, 0.15) is 0 Å². The number of benzene rings is 1. The number of hydrogen-bond donors (Lipinski definition) is 3. The Bertz CT molecular complexity index is 627. The maximum Gasteiger partial charge on any atom is 0.232 e. The number of nitrogens with one attached hydrogen (secondary N) is 3. The van der Waals surface area contributed by atoms with Crippen LogP contribution in [0.1, 0.15) is 20.3 Å². The predicted molar refractivity (Wildman–Crippen MR) is 88.3 cm³/mol. The third-order valence-electron chi connectivity index (χ3n) is 3.81. The quantitative estimate of drug-likeness (QED) is 0.711. The maximum absolute atomic E-state index is 12.2. The molecule has 0 saturated carbocycles. The van der Waals surface area contributed by atoms with Crippen molar-refractivity contribution in [1.82, 2.24) is 5.32 Å². The van der Waals surface area contributed by atoms with E-state index >= 15 is 0 Å². The van der Waals surface area contributed by atoms with Crippen LogP contribution in [0.5, 0.6) is 0 Å². The van der Waals surface area contributed by atoms with Crippen molar-refractivity contribution >= 4 is 27.3 Å². The first-order valence-corrected chi connectivity index (χ1v) is 9.18. The Morgan fingerprint density at radius 3 is 2.64 bits per heavy atom. The molecule has 6 nitrogen and oxygen atoms in total. The van der Waals surface area contributed by atoms with Gasteiger partial charge < -0.3 is 10.6 Å². The Morgan fingerprint density at radius 2 is 2.05 bits per heavy atom. The molecule has 0 aromatic heterocycles. The van der Waals surface area contributed by atoms with E-state index in [1.165, 1.54) is 0 Å². The average Bonchev–Trinajstić information content (AvgIpc) is 2.36. The fraction of sp³-hybridized carbons (Fsp3) is 0.533. The molecule has 0 bridgehead atoms. The van der Waals surface area contributed by atoms with E-state index in [9.17, 15) is 13.2 Å². The van der Waals surface area contributed by atoms with Gasteiger partial charge in [-0.2, -0.15) is 0 Å². The lowest BCUT2D eigenvalue weighted by molar-refractivity contribution is -0.121. The van der Waals surface area contributed by atoms with Gasteiger partial charge in [-0.15, -0.1) is 0 Å². The van der Waals surface area contributed by atoms with Gasteiger partial charge in [-0.25, -0.2) is 8.42 Å². The lowest BCUT2D eigenvalue weighted by Crippen LogP contribution is -2.48. The van der Waals surface area contributed by atoms with Crippen LogP contribution in [0.25, 0.3) is 0 Å². The summed E-state index contributed by atoms with van der Waals surface area (Å²) in [6.45, 7) is 5.46. The minimum Gasteiger partial charge on any atom is -0.326 e. The summed E-state index contributed by atoms with van der Waals surface area (Å²) in [7, 11) is -3.33. The van der Waals surface area contributed by atoms with Crippen LogP contribution in [0.4, 0.5) is 11.4 Å². The molecule has 1 amide bonds. The molecule has 1 saturated heterocycles. The molecule has 1 unspecified atom stereocenters. The van der Waals surface area contributed by atoms with Crippen molar-refractivity contribution < 1.29 is 13.2 Å². The third-order valence-corrected chi connectivity index (χ3v) is 5.30. The molecule has 0 radical (unpaired) electrons. The fourth-order valence-electron chi connectivity index (χ4n) is 2.29. The highest BCUT2D eigenvalue weighted by atomic mass is 32.2. The van der Waals surface area contributed by atoms with Crippen LogP contribution in [0.2, 0.25) is 0 Å². The molecule has 1 aliphatic rings. The molecular formula is C15H23N3O3S. The minimum absolute atomic E-state index is 0.0416. The first-order valence-electron chi connectivity index (χ1n) is 7.53. The Morgan fingerprint density at radius 1 is 1.36 bits per heavy atom. The molecule has 7 heteroatoms. The highest BCUT2D eigenvalue weighted by Crippen LogP contribution is 2.20. The number of anilines is 2. The molecule has 0 spiro atoms. The second-order valence-electron chi connectivity index (χ2n) is 5.70. The van der Waals surface area contributed by atoms with Crippen LogP contribution in [-0.2, 0) is 14.8 Å². The number of rotatable bonds is 7. The summed E-state index contributed by atoms with van der Waals surface area (Å²) >= 11 is 0. The van der Waals surface area contributed by atoms with E-state index in [4.69, 9.17) is 0 Å². The zero-order valence-corrected chi connectivity index (χ0v) is 13.7. The fourth-order valence-corrected chi connectivity index (χ4v) is 3.42.